The van der Waals surface area contributed by atoms with Crippen molar-refractivity contribution in [2.75, 3.05) is 0 Å². The summed E-state index contributed by atoms with van der Waals surface area (Å²) in [6.45, 7) is 4.90. The normalized spacial score (nSPS) is 53.3. The molecule has 112 valence electrons. The van der Waals surface area contributed by atoms with Crippen LogP contribution in [0.1, 0.15) is 78.1 Å². The Morgan fingerprint density at radius 2 is 1.75 bits per heavy atom. The smallest absolute Gasteiger partial charge is 0.00853 e. The fourth-order valence-electron chi connectivity index (χ4n) is 7.15. The third kappa shape index (κ3) is 1.79. The maximum absolute atomic E-state index is 2.61. The van der Waals surface area contributed by atoms with Crippen molar-refractivity contribution >= 4 is 0 Å². The lowest BCUT2D eigenvalue weighted by molar-refractivity contribution is -0.0403. The summed E-state index contributed by atoms with van der Waals surface area (Å²) in [4.78, 5) is 0. The van der Waals surface area contributed by atoms with E-state index in [2.05, 4.69) is 19.9 Å². The average molecular weight is 272 g/mol. The van der Waals surface area contributed by atoms with Crippen LogP contribution in [-0.2, 0) is 0 Å². The zero-order valence-corrected chi connectivity index (χ0v) is 13.5. The molecular weight excluding hydrogens is 240 g/mol. The molecule has 0 spiro atoms. The van der Waals surface area contributed by atoms with E-state index < -0.39 is 0 Å². The van der Waals surface area contributed by atoms with Gasteiger partial charge in [0.15, 0.2) is 0 Å². The summed E-state index contributed by atoms with van der Waals surface area (Å²) in [6, 6.07) is 0. The van der Waals surface area contributed by atoms with Gasteiger partial charge in [-0.25, -0.2) is 0 Å². The Morgan fingerprint density at radius 1 is 0.900 bits per heavy atom. The first kappa shape index (κ1) is 13.4. The first-order chi connectivity index (χ1) is 9.74. The van der Waals surface area contributed by atoms with Gasteiger partial charge in [-0.1, -0.05) is 37.8 Å². The van der Waals surface area contributed by atoms with E-state index in [1.807, 2.05) is 5.57 Å². The van der Waals surface area contributed by atoms with Gasteiger partial charge in [-0.2, -0.15) is 0 Å². The monoisotopic (exact) mass is 272 g/mol. The summed E-state index contributed by atoms with van der Waals surface area (Å²) < 4.78 is 0. The van der Waals surface area contributed by atoms with E-state index in [1.165, 1.54) is 32.1 Å². The molecule has 4 aliphatic carbocycles. The first-order valence-corrected chi connectivity index (χ1v) is 9.39. The molecule has 0 aromatic carbocycles. The second kappa shape index (κ2) is 4.89. The fraction of sp³-hybridized carbons (Fsp3) is 0.900. The summed E-state index contributed by atoms with van der Waals surface area (Å²) >= 11 is 0. The lowest BCUT2D eigenvalue weighted by atomic mass is 9.50. The van der Waals surface area contributed by atoms with Gasteiger partial charge in [0.05, 0.1) is 0 Å². The Hall–Kier alpha value is -0.260. The largest absolute Gasteiger partial charge is 0.0879 e. The molecule has 0 heteroatoms. The van der Waals surface area contributed by atoms with Crippen molar-refractivity contribution in [3.05, 3.63) is 11.6 Å². The maximum Gasteiger partial charge on any atom is -0.00853 e. The van der Waals surface area contributed by atoms with E-state index >= 15 is 0 Å². The average Bonchev–Trinajstić information content (AvgIpc) is 2.83. The molecule has 0 aromatic heterocycles. The predicted molar refractivity (Wildman–Crippen MR) is 85.5 cm³/mol. The minimum atomic E-state index is 0.595. The predicted octanol–water partition coefficient (Wildman–Crippen LogP) is 5.98. The molecule has 0 amide bonds. The third-order valence-corrected chi connectivity index (χ3v) is 8.08. The van der Waals surface area contributed by atoms with Gasteiger partial charge in [-0.15, -0.1) is 0 Å². The lowest BCUT2D eigenvalue weighted by Gasteiger charge is -2.55. The molecule has 0 N–H and O–H groups in total. The highest BCUT2D eigenvalue weighted by molar-refractivity contribution is 5.23. The van der Waals surface area contributed by atoms with Gasteiger partial charge in [0.1, 0.15) is 0 Å². The minimum absolute atomic E-state index is 0.595. The summed E-state index contributed by atoms with van der Waals surface area (Å²) in [6.07, 6.45) is 17.8. The number of hydrogen-bond donors (Lipinski definition) is 0. The SMILES string of the molecule is C/C=C1/CC[C@H]2[C@@H]3CCC4CCCC[C@@H]4[C@H]3CC[C@]12C. The highest BCUT2D eigenvalue weighted by atomic mass is 14.6. The molecule has 6 atom stereocenters. The molecule has 4 aliphatic rings. The Balaban J connectivity index is 1.61. The molecule has 0 aliphatic heterocycles. The van der Waals surface area contributed by atoms with E-state index in [4.69, 9.17) is 0 Å². The van der Waals surface area contributed by atoms with Crippen LogP contribution in [0.2, 0.25) is 0 Å². The topological polar surface area (TPSA) is 0 Å². The van der Waals surface area contributed by atoms with Crippen molar-refractivity contribution in [2.24, 2.45) is 35.0 Å². The number of fused-ring (bicyclic) bond motifs is 5. The van der Waals surface area contributed by atoms with Crippen molar-refractivity contribution in [1.82, 2.24) is 0 Å². The third-order valence-electron chi connectivity index (χ3n) is 8.08. The molecule has 0 heterocycles. The number of hydrogen-bond acceptors (Lipinski definition) is 0. The van der Waals surface area contributed by atoms with E-state index in [0.29, 0.717) is 5.41 Å². The highest BCUT2D eigenvalue weighted by Gasteiger charge is 2.54. The van der Waals surface area contributed by atoms with Crippen LogP contribution in [0.4, 0.5) is 0 Å². The zero-order chi connectivity index (χ0) is 13.7. The Bertz CT molecular complexity index is 406. The molecule has 0 nitrogen and oxygen atoms in total. The van der Waals surface area contributed by atoms with Crippen molar-refractivity contribution in [3.63, 3.8) is 0 Å². The quantitative estimate of drug-likeness (QED) is 0.476. The van der Waals surface area contributed by atoms with E-state index in [0.717, 1.165) is 29.6 Å². The van der Waals surface area contributed by atoms with Crippen LogP contribution in [0.15, 0.2) is 11.6 Å². The summed E-state index contributed by atoms with van der Waals surface area (Å²) in [7, 11) is 0. The van der Waals surface area contributed by atoms with E-state index in [9.17, 15) is 0 Å². The standard InChI is InChI=1S/C20H32/c1-3-15-9-11-19-18-10-8-14-6-4-5-7-16(14)17(18)12-13-20(15,19)2/h3,14,16-19H,4-13H2,1-2H3/b15-3-/t14?,16-,17+,18+,19-,20+/m0/s1. The zero-order valence-electron chi connectivity index (χ0n) is 13.5. The molecule has 0 radical (unpaired) electrons. The van der Waals surface area contributed by atoms with Crippen molar-refractivity contribution in [1.29, 1.82) is 0 Å². The molecule has 0 aromatic rings. The van der Waals surface area contributed by atoms with Gasteiger partial charge in [-0.3, -0.25) is 0 Å². The van der Waals surface area contributed by atoms with Crippen LogP contribution >= 0.6 is 0 Å². The second-order valence-electron chi connectivity index (χ2n) is 8.53. The van der Waals surface area contributed by atoms with Crippen molar-refractivity contribution in [3.8, 4) is 0 Å². The van der Waals surface area contributed by atoms with Crippen molar-refractivity contribution < 1.29 is 0 Å². The molecule has 4 saturated carbocycles. The summed E-state index contributed by atoms with van der Waals surface area (Å²) in [5, 5.41) is 0. The molecule has 4 fully saturated rings. The van der Waals surface area contributed by atoms with Gasteiger partial charge < -0.3 is 0 Å². The van der Waals surface area contributed by atoms with Crippen LogP contribution in [0.5, 0.6) is 0 Å². The van der Waals surface area contributed by atoms with Gasteiger partial charge in [0.25, 0.3) is 0 Å². The van der Waals surface area contributed by atoms with Gasteiger partial charge in [0, 0.05) is 0 Å². The Kier molecular flexibility index (Phi) is 3.28. The minimum Gasteiger partial charge on any atom is -0.0879 e. The van der Waals surface area contributed by atoms with E-state index in [-0.39, 0.29) is 0 Å². The van der Waals surface area contributed by atoms with Crippen LogP contribution in [0, 0.1) is 35.0 Å². The second-order valence-corrected chi connectivity index (χ2v) is 8.53. The van der Waals surface area contributed by atoms with Gasteiger partial charge in [-0.05, 0) is 86.9 Å². The van der Waals surface area contributed by atoms with Gasteiger partial charge in [0.2, 0.25) is 0 Å². The summed E-state index contributed by atoms with van der Waals surface area (Å²) in [5.74, 6) is 5.49. The molecule has 4 rings (SSSR count). The fourth-order valence-corrected chi connectivity index (χ4v) is 7.15. The molecule has 0 bridgehead atoms. The highest BCUT2D eigenvalue weighted by Crippen LogP contribution is 2.63. The first-order valence-electron chi connectivity index (χ1n) is 9.39. The van der Waals surface area contributed by atoms with Crippen LogP contribution < -0.4 is 0 Å². The molecule has 1 unspecified atom stereocenters. The number of rotatable bonds is 0. The lowest BCUT2D eigenvalue weighted by Crippen LogP contribution is -2.46. The molecule has 20 heavy (non-hydrogen) atoms. The van der Waals surface area contributed by atoms with Crippen LogP contribution in [0.3, 0.4) is 0 Å². The number of allylic oxidation sites excluding steroid dienone is 2. The Labute approximate surface area is 125 Å². The molecular formula is C20H32. The van der Waals surface area contributed by atoms with Crippen LogP contribution in [-0.4, -0.2) is 0 Å². The van der Waals surface area contributed by atoms with Gasteiger partial charge >= 0.3 is 0 Å². The van der Waals surface area contributed by atoms with Crippen molar-refractivity contribution in [2.45, 2.75) is 78.1 Å². The van der Waals surface area contributed by atoms with Crippen LogP contribution in [0.25, 0.3) is 0 Å². The maximum atomic E-state index is 2.61. The van der Waals surface area contributed by atoms with E-state index in [1.54, 1.807) is 32.1 Å². The summed E-state index contributed by atoms with van der Waals surface area (Å²) in [5.41, 5.74) is 2.41. The molecule has 0 saturated heterocycles. The Morgan fingerprint density at radius 3 is 2.60 bits per heavy atom.